The first-order valence-corrected chi connectivity index (χ1v) is 8.88. The van der Waals surface area contributed by atoms with Crippen LogP contribution in [0.1, 0.15) is 51.0 Å². The molecule has 2 nitrogen and oxygen atoms in total. The minimum absolute atomic E-state index is 0. The molecule has 1 aromatic heterocycles. The van der Waals surface area contributed by atoms with Gasteiger partial charge in [0.05, 0.1) is 21.1 Å². The minimum atomic E-state index is 0. The molecule has 2 aromatic rings. The van der Waals surface area contributed by atoms with Crippen molar-refractivity contribution >= 4 is 10.9 Å². The van der Waals surface area contributed by atoms with Crippen LogP contribution in [0.15, 0.2) is 30.5 Å². The number of quaternary nitrogens is 1. The van der Waals surface area contributed by atoms with Gasteiger partial charge >= 0.3 is 0 Å². The Morgan fingerprint density at radius 1 is 0.913 bits per heavy atom. The Morgan fingerprint density at radius 3 is 2.26 bits per heavy atom. The molecule has 0 bridgehead atoms. The number of hydrogen-bond donors (Lipinski definition) is 0. The first kappa shape index (κ1) is 20.5. The number of hydrogen-bond acceptors (Lipinski definition) is 0. The van der Waals surface area contributed by atoms with E-state index in [0.717, 1.165) is 17.6 Å². The van der Waals surface area contributed by atoms with E-state index in [9.17, 15) is 0 Å². The third-order valence-corrected chi connectivity index (χ3v) is 4.27. The summed E-state index contributed by atoms with van der Waals surface area (Å²) in [7, 11) is 6.79. The van der Waals surface area contributed by atoms with Gasteiger partial charge in [-0.2, -0.15) is 0 Å². The van der Waals surface area contributed by atoms with E-state index < -0.39 is 0 Å². The van der Waals surface area contributed by atoms with Gasteiger partial charge in [-0.1, -0.05) is 57.2 Å². The predicted molar refractivity (Wildman–Crippen MR) is 97.1 cm³/mol. The lowest BCUT2D eigenvalue weighted by atomic mass is 10.1. The molecule has 0 unspecified atom stereocenters. The number of nitrogens with zero attached hydrogens (tertiary/aromatic N) is 2. The van der Waals surface area contributed by atoms with Crippen LogP contribution in [0, 0.1) is 0 Å². The van der Waals surface area contributed by atoms with Gasteiger partial charge < -0.3 is 33.0 Å². The van der Waals surface area contributed by atoms with Crippen LogP contribution >= 0.6 is 0 Å². The molecule has 0 saturated carbocycles. The van der Waals surface area contributed by atoms with Crippen LogP contribution in [-0.2, 0) is 13.1 Å². The Bertz CT molecular complexity index is 581. The van der Waals surface area contributed by atoms with Gasteiger partial charge in [-0.15, -0.1) is 0 Å². The maximum Gasteiger partial charge on any atom is 0.106 e. The summed E-state index contributed by atoms with van der Waals surface area (Å²) in [6, 6.07) is 8.87. The van der Waals surface area contributed by atoms with Crippen molar-refractivity contribution in [2.24, 2.45) is 0 Å². The van der Waals surface area contributed by atoms with Gasteiger partial charge in [0.2, 0.25) is 0 Å². The smallest absolute Gasteiger partial charge is 0.106 e. The Balaban J connectivity index is 0.00000264. The van der Waals surface area contributed by atoms with Gasteiger partial charge in [-0.05, 0) is 12.5 Å². The predicted octanol–water partition coefficient (Wildman–Crippen LogP) is 2.21. The van der Waals surface area contributed by atoms with Crippen LogP contribution in [0.5, 0.6) is 0 Å². The Morgan fingerprint density at radius 2 is 1.57 bits per heavy atom. The van der Waals surface area contributed by atoms with E-state index in [1.165, 1.54) is 55.0 Å². The second-order valence-electron chi connectivity index (χ2n) is 7.58. The Labute approximate surface area is 159 Å². The lowest BCUT2D eigenvalue weighted by Gasteiger charge is -2.23. The van der Waals surface area contributed by atoms with Crippen molar-refractivity contribution in [3.8, 4) is 0 Å². The number of halogens is 1. The summed E-state index contributed by atoms with van der Waals surface area (Å²) in [6.07, 6.45) is 10.6. The summed E-state index contributed by atoms with van der Waals surface area (Å²) in [5.74, 6) is 0. The zero-order chi connectivity index (χ0) is 16.0. The average molecular weight is 428 g/mol. The summed E-state index contributed by atoms with van der Waals surface area (Å²) < 4.78 is 3.45. The molecule has 0 saturated heterocycles. The molecule has 2 rings (SSSR count). The maximum atomic E-state index is 2.47. The second kappa shape index (κ2) is 9.67. The van der Waals surface area contributed by atoms with Crippen molar-refractivity contribution in [3.63, 3.8) is 0 Å². The number of aryl methyl sites for hydroxylation is 1. The van der Waals surface area contributed by atoms with E-state index in [-0.39, 0.29) is 24.0 Å². The van der Waals surface area contributed by atoms with E-state index in [2.05, 4.69) is 63.1 Å². The normalized spacial score (nSPS) is 11.7. The van der Waals surface area contributed by atoms with Crippen molar-refractivity contribution < 1.29 is 28.5 Å². The highest BCUT2D eigenvalue weighted by atomic mass is 127. The number of fused-ring (bicyclic) bond motifs is 1. The molecule has 0 fully saturated rings. The van der Waals surface area contributed by atoms with Crippen molar-refractivity contribution in [2.45, 2.75) is 58.5 Å². The Kier molecular flexibility index (Phi) is 8.62. The molecular weight excluding hydrogens is 395 g/mol. The summed E-state index contributed by atoms with van der Waals surface area (Å²) in [5, 5.41) is 1.43. The molecule has 0 aliphatic carbocycles. The molecule has 0 amide bonds. The fourth-order valence-electron chi connectivity index (χ4n) is 3.21. The first-order chi connectivity index (χ1) is 10.5. The van der Waals surface area contributed by atoms with E-state index in [4.69, 9.17) is 0 Å². The summed E-state index contributed by atoms with van der Waals surface area (Å²) >= 11 is 0. The monoisotopic (exact) mass is 428 g/mol. The van der Waals surface area contributed by atoms with Crippen LogP contribution in [0.25, 0.3) is 10.9 Å². The van der Waals surface area contributed by atoms with Gasteiger partial charge in [-0.3, -0.25) is 0 Å². The third-order valence-electron chi connectivity index (χ3n) is 4.27. The highest BCUT2D eigenvalue weighted by molar-refractivity contribution is 5.83. The molecule has 130 valence electrons. The summed E-state index contributed by atoms with van der Waals surface area (Å²) in [5.41, 5.74) is 2.88. The molecule has 0 aliphatic rings. The fourth-order valence-corrected chi connectivity index (χ4v) is 3.21. The van der Waals surface area contributed by atoms with E-state index >= 15 is 0 Å². The third kappa shape index (κ3) is 6.46. The number of para-hydroxylation sites is 1. The van der Waals surface area contributed by atoms with Crippen molar-refractivity contribution in [1.82, 2.24) is 4.57 Å². The van der Waals surface area contributed by atoms with Gasteiger partial charge in [-0.25, -0.2) is 0 Å². The lowest BCUT2D eigenvalue weighted by Crippen LogP contribution is -3.00. The maximum absolute atomic E-state index is 2.47. The molecule has 0 radical (unpaired) electrons. The first-order valence-electron chi connectivity index (χ1n) is 8.88. The zero-order valence-electron chi connectivity index (χ0n) is 15.3. The zero-order valence-corrected chi connectivity index (χ0v) is 17.5. The van der Waals surface area contributed by atoms with Crippen LogP contribution < -0.4 is 24.0 Å². The van der Waals surface area contributed by atoms with E-state index in [0.29, 0.717) is 0 Å². The molecule has 3 heteroatoms. The standard InChI is InChI=1S/C20H33N2.HI/c1-5-6-7-8-9-12-15-21-16-18(17-22(2,3)4)19-13-10-11-14-20(19)21;/h10-11,13-14,16H,5-9,12,15,17H2,1-4H3;1H/q+1;/p-1. The number of aromatic nitrogens is 1. The molecule has 1 aromatic carbocycles. The number of unbranched alkanes of at least 4 members (excludes halogenated alkanes) is 5. The molecule has 0 spiro atoms. The Hall–Kier alpha value is -0.550. The van der Waals surface area contributed by atoms with Gasteiger partial charge in [0.1, 0.15) is 6.54 Å². The summed E-state index contributed by atoms with van der Waals surface area (Å²) in [4.78, 5) is 0. The molecule has 0 atom stereocenters. The minimum Gasteiger partial charge on any atom is -1.00 e. The highest BCUT2D eigenvalue weighted by Gasteiger charge is 2.14. The highest BCUT2D eigenvalue weighted by Crippen LogP contribution is 2.24. The molecule has 0 aliphatic heterocycles. The largest absolute Gasteiger partial charge is 1.00 e. The van der Waals surface area contributed by atoms with Gasteiger partial charge in [0, 0.05) is 29.2 Å². The van der Waals surface area contributed by atoms with Crippen LogP contribution in [0.4, 0.5) is 0 Å². The fraction of sp³-hybridized carbons (Fsp3) is 0.600. The summed E-state index contributed by atoms with van der Waals surface area (Å²) in [6.45, 7) is 4.52. The number of rotatable bonds is 9. The van der Waals surface area contributed by atoms with E-state index in [1.807, 2.05) is 0 Å². The topological polar surface area (TPSA) is 4.93 Å². The molecular formula is C20H33IN2. The molecule has 0 N–H and O–H groups in total. The number of benzene rings is 1. The van der Waals surface area contributed by atoms with Crippen molar-refractivity contribution in [1.29, 1.82) is 0 Å². The average Bonchev–Trinajstić information content (AvgIpc) is 2.79. The molecule has 1 heterocycles. The van der Waals surface area contributed by atoms with Crippen LogP contribution in [0.2, 0.25) is 0 Å². The van der Waals surface area contributed by atoms with E-state index in [1.54, 1.807) is 0 Å². The van der Waals surface area contributed by atoms with Crippen LogP contribution in [0.3, 0.4) is 0 Å². The van der Waals surface area contributed by atoms with Crippen LogP contribution in [-0.4, -0.2) is 30.2 Å². The quantitative estimate of drug-likeness (QED) is 0.328. The van der Waals surface area contributed by atoms with Crippen molar-refractivity contribution in [2.75, 3.05) is 21.1 Å². The lowest BCUT2D eigenvalue weighted by molar-refractivity contribution is -0.883. The SMILES string of the molecule is CCCCCCCCn1cc(C[N+](C)(C)C)c2ccccc21.[I-]. The van der Waals surface area contributed by atoms with Gasteiger partial charge in [0.25, 0.3) is 0 Å². The van der Waals surface area contributed by atoms with Crippen molar-refractivity contribution in [3.05, 3.63) is 36.0 Å². The molecule has 23 heavy (non-hydrogen) atoms. The van der Waals surface area contributed by atoms with Gasteiger partial charge in [0.15, 0.2) is 0 Å². The second-order valence-corrected chi connectivity index (χ2v) is 7.58.